The van der Waals surface area contributed by atoms with Crippen molar-refractivity contribution < 1.29 is 27.5 Å². The van der Waals surface area contributed by atoms with E-state index in [-0.39, 0.29) is 5.69 Å². The highest BCUT2D eigenvalue weighted by Crippen LogP contribution is 2.29. The van der Waals surface area contributed by atoms with Gasteiger partial charge in [0, 0.05) is 5.69 Å². The number of fused-ring (bicyclic) bond motifs is 1. The van der Waals surface area contributed by atoms with E-state index < -0.39 is 30.2 Å². The summed E-state index contributed by atoms with van der Waals surface area (Å²) in [5.74, 6) is -1.23. The highest BCUT2D eigenvalue weighted by atomic mass is 19.4. The van der Waals surface area contributed by atoms with E-state index in [1.165, 1.54) is 5.56 Å². The van der Waals surface area contributed by atoms with Gasteiger partial charge < -0.3 is 10.1 Å². The molecule has 1 aliphatic carbocycles. The van der Waals surface area contributed by atoms with Crippen LogP contribution in [0.25, 0.3) is 0 Å². The first-order valence-corrected chi connectivity index (χ1v) is 8.59. The Morgan fingerprint density at radius 1 is 0.963 bits per heavy atom. The standard InChI is InChI=1S/C20H18F3NO3/c21-20(22,23)16-7-9-17(10-8-16)24-18(25)12-27-19(26)15-6-5-13-3-1-2-4-14(13)11-15/h5-11H,1-4,12H2,(H,24,25). The van der Waals surface area contributed by atoms with E-state index in [4.69, 9.17) is 4.74 Å². The van der Waals surface area contributed by atoms with Crippen LogP contribution < -0.4 is 5.32 Å². The lowest BCUT2D eigenvalue weighted by atomic mass is 9.90. The molecule has 142 valence electrons. The molecule has 7 heteroatoms. The van der Waals surface area contributed by atoms with Crippen molar-refractivity contribution in [1.29, 1.82) is 0 Å². The minimum atomic E-state index is -4.44. The second kappa shape index (κ2) is 7.82. The zero-order chi connectivity index (χ0) is 19.4. The molecular weight excluding hydrogens is 359 g/mol. The first-order valence-electron chi connectivity index (χ1n) is 8.59. The predicted molar refractivity (Wildman–Crippen MR) is 93.4 cm³/mol. The van der Waals surface area contributed by atoms with Gasteiger partial charge in [-0.25, -0.2) is 4.79 Å². The molecule has 0 radical (unpaired) electrons. The van der Waals surface area contributed by atoms with E-state index in [1.54, 1.807) is 12.1 Å². The summed E-state index contributed by atoms with van der Waals surface area (Å²) < 4.78 is 42.5. The number of ether oxygens (including phenoxy) is 1. The van der Waals surface area contributed by atoms with Gasteiger partial charge in [0.05, 0.1) is 11.1 Å². The Morgan fingerprint density at radius 2 is 1.63 bits per heavy atom. The van der Waals surface area contributed by atoms with Crippen LogP contribution in [-0.4, -0.2) is 18.5 Å². The number of nitrogens with one attached hydrogen (secondary N) is 1. The Hall–Kier alpha value is -2.83. The van der Waals surface area contributed by atoms with Crippen LogP contribution in [0.2, 0.25) is 0 Å². The molecule has 1 N–H and O–H groups in total. The molecule has 0 saturated carbocycles. The van der Waals surface area contributed by atoms with Crippen LogP contribution in [-0.2, 0) is 28.5 Å². The van der Waals surface area contributed by atoms with Crippen molar-refractivity contribution in [3.8, 4) is 0 Å². The number of amides is 1. The quantitative estimate of drug-likeness (QED) is 0.805. The number of carbonyl (C=O) groups is 2. The number of rotatable bonds is 4. The maximum atomic E-state index is 12.5. The summed E-state index contributed by atoms with van der Waals surface area (Å²) in [5, 5.41) is 2.39. The van der Waals surface area contributed by atoms with Crippen LogP contribution >= 0.6 is 0 Å². The molecule has 2 aromatic carbocycles. The normalized spacial score (nSPS) is 13.6. The first-order chi connectivity index (χ1) is 12.8. The molecule has 27 heavy (non-hydrogen) atoms. The molecular formula is C20H18F3NO3. The molecule has 0 heterocycles. The number of hydrogen-bond acceptors (Lipinski definition) is 3. The SMILES string of the molecule is O=C(COC(=O)c1ccc2c(c1)CCCC2)Nc1ccc(C(F)(F)F)cc1. The van der Waals surface area contributed by atoms with Gasteiger partial charge in [-0.2, -0.15) is 13.2 Å². The van der Waals surface area contributed by atoms with Gasteiger partial charge in [0.15, 0.2) is 6.61 Å². The van der Waals surface area contributed by atoms with Gasteiger partial charge in [0.1, 0.15) is 0 Å². The Labute approximate surface area is 154 Å². The monoisotopic (exact) mass is 377 g/mol. The fourth-order valence-electron chi connectivity index (χ4n) is 3.01. The highest BCUT2D eigenvalue weighted by Gasteiger charge is 2.30. The van der Waals surface area contributed by atoms with Crippen molar-refractivity contribution in [2.45, 2.75) is 31.9 Å². The van der Waals surface area contributed by atoms with Crippen molar-refractivity contribution in [3.63, 3.8) is 0 Å². The number of hydrogen-bond donors (Lipinski definition) is 1. The fourth-order valence-corrected chi connectivity index (χ4v) is 3.01. The third-order valence-corrected chi connectivity index (χ3v) is 4.41. The minimum Gasteiger partial charge on any atom is -0.452 e. The fraction of sp³-hybridized carbons (Fsp3) is 0.300. The van der Waals surface area contributed by atoms with Gasteiger partial charge in [0.2, 0.25) is 0 Å². The summed E-state index contributed by atoms with van der Waals surface area (Å²) in [7, 11) is 0. The van der Waals surface area contributed by atoms with Crippen LogP contribution in [0.3, 0.4) is 0 Å². The Balaban J connectivity index is 1.53. The zero-order valence-electron chi connectivity index (χ0n) is 14.4. The molecule has 0 spiro atoms. The Kier molecular flexibility index (Phi) is 5.48. The lowest BCUT2D eigenvalue weighted by Gasteiger charge is -2.16. The first kappa shape index (κ1) is 18.9. The topological polar surface area (TPSA) is 55.4 Å². The lowest BCUT2D eigenvalue weighted by molar-refractivity contribution is -0.137. The van der Waals surface area contributed by atoms with Crippen LogP contribution in [0, 0.1) is 0 Å². The largest absolute Gasteiger partial charge is 0.452 e. The second-order valence-electron chi connectivity index (χ2n) is 6.39. The van der Waals surface area contributed by atoms with Crippen molar-refractivity contribution >= 4 is 17.6 Å². The number of anilines is 1. The summed E-state index contributed by atoms with van der Waals surface area (Å²) in [6.07, 6.45) is -0.292. The molecule has 3 rings (SSSR count). The van der Waals surface area contributed by atoms with Gasteiger partial charge in [-0.1, -0.05) is 6.07 Å². The van der Waals surface area contributed by atoms with Gasteiger partial charge in [-0.15, -0.1) is 0 Å². The van der Waals surface area contributed by atoms with Gasteiger partial charge in [-0.3, -0.25) is 4.79 Å². The maximum Gasteiger partial charge on any atom is 0.416 e. The average Bonchev–Trinajstić information content (AvgIpc) is 2.65. The molecule has 0 atom stereocenters. The second-order valence-corrected chi connectivity index (χ2v) is 6.39. The molecule has 0 aromatic heterocycles. The molecule has 1 aliphatic rings. The number of halogens is 3. The summed E-state index contributed by atoms with van der Waals surface area (Å²) in [6.45, 7) is -0.517. The van der Waals surface area contributed by atoms with Gasteiger partial charge >= 0.3 is 12.1 Å². The van der Waals surface area contributed by atoms with E-state index in [2.05, 4.69) is 5.32 Å². The molecule has 0 unspecified atom stereocenters. The third-order valence-electron chi connectivity index (χ3n) is 4.41. The van der Waals surface area contributed by atoms with E-state index in [1.807, 2.05) is 6.07 Å². The number of esters is 1. The van der Waals surface area contributed by atoms with Crippen LogP contribution in [0.4, 0.5) is 18.9 Å². The number of alkyl halides is 3. The molecule has 2 aromatic rings. The minimum absolute atomic E-state index is 0.192. The van der Waals surface area contributed by atoms with E-state index in [9.17, 15) is 22.8 Å². The van der Waals surface area contributed by atoms with Crippen LogP contribution in [0.15, 0.2) is 42.5 Å². The van der Waals surface area contributed by atoms with Crippen molar-refractivity contribution in [2.75, 3.05) is 11.9 Å². The molecule has 0 bridgehead atoms. The van der Waals surface area contributed by atoms with E-state index in [0.717, 1.165) is 55.5 Å². The molecule has 4 nitrogen and oxygen atoms in total. The van der Waals surface area contributed by atoms with E-state index in [0.29, 0.717) is 5.56 Å². The van der Waals surface area contributed by atoms with E-state index >= 15 is 0 Å². The number of carbonyl (C=O) groups excluding carboxylic acids is 2. The maximum absolute atomic E-state index is 12.5. The van der Waals surface area contributed by atoms with Crippen molar-refractivity contribution in [2.24, 2.45) is 0 Å². The summed E-state index contributed by atoms with van der Waals surface area (Å²) in [4.78, 5) is 24.0. The molecule has 0 aliphatic heterocycles. The summed E-state index contributed by atoms with van der Waals surface area (Å²) >= 11 is 0. The molecule has 0 saturated heterocycles. The van der Waals surface area contributed by atoms with Crippen LogP contribution in [0.1, 0.15) is 39.9 Å². The molecule has 0 fully saturated rings. The average molecular weight is 377 g/mol. The molecule has 1 amide bonds. The number of benzene rings is 2. The highest BCUT2D eigenvalue weighted by molar-refractivity contribution is 5.95. The smallest absolute Gasteiger partial charge is 0.416 e. The Morgan fingerprint density at radius 3 is 2.30 bits per heavy atom. The third kappa shape index (κ3) is 4.87. The van der Waals surface area contributed by atoms with Gasteiger partial charge in [-0.05, 0) is 73.2 Å². The van der Waals surface area contributed by atoms with Crippen LogP contribution in [0.5, 0.6) is 0 Å². The lowest BCUT2D eigenvalue weighted by Crippen LogP contribution is -2.21. The van der Waals surface area contributed by atoms with Crippen molar-refractivity contribution in [1.82, 2.24) is 0 Å². The van der Waals surface area contributed by atoms with Crippen molar-refractivity contribution in [3.05, 3.63) is 64.7 Å². The number of aryl methyl sites for hydroxylation is 2. The Bertz CT molecular complexity index is 845. The van der Waals surface area contributed by atoms with Gasteiger partial charge in [0.25, 0.3) is 5.91 Å². The zero-order valence-corrected chi connectivity index (χ0v) is 14.4. The summed E-state index contributed by atoms with van der Waals surface area (Å²) in [6, 6.07) is 9.42. The summed E-state index contributed by atoms with van der Waals surface area (Å²) in [5.41, 5.74) is 2.14. The predicted octanol–water partition coefficient (Wildman–Crippen LogP) is 4.38.